The Bertz CT molecular complexity index is 119. The third-order valence-corrected chi connectivity index (χ3v) is 2.69. The van der Waals surface area contributed by atoms with Crippen molar-refractivity contribution in [2.24, 2.45) is 0 Å². The highest BCUT2D eigenvalue weighted by molar-refractivity contribution is 7.98. The molecular weight excluding hydrogens is 172 g/mol. The highest BCUT2D eigenvalue weighted by Gasteiger charge is 2.21. The van der Waals surface area contributed by atoms with Crippen LogP contribution in [-0.2, 0) is 4.74 Å². The highest BCUT2D eigenvalue weighted by atomic mass is 32.2. The van der Waals surface area contributed by atoms with Gasteiger partial charge in [0.25, 0.3) is 0 Å². The maximum absolute atomic E-state index is 9.64. The number of rotatable bonds is 3. The van der Waals surface area contributed by atoms with E-state index in [9.17, 15) is 5.11 Å². The van der Waals surface area contributed by atoms with E-state index < -0.39 is 0 Å². The maximum Gasteiger partial charge on any atom is 0.0923 e. The van der Waals surface area contributed by atoms with Gasteiger partial charge in [0.05, 0.1) is 18.1 Å². The van der Waals surface area contributed by atoms with Crippen molar-refractivity contribution < 1.29 is 9.84 Å². The second kappa shape index (κ2) is 5.84. The molecule has 3 heteroatoms. The first kappa shape index (κ1) is 10.4. The number of thioether (sulfide) groups is 1. The Morgan fingerprint density at radius 3 is 2.83 bits per heavy atom. The van der Waals surface area contributed by atoms with Crippen molar-refractivity contribution in [3.63, 3.8) is 0 Å². The van der Waals surface area contributed by atoms with E-state index >= 15 is 0 Å². The Balaban J connectivity index is 2.26. The number of hydrogen-bond acceptors (Lipinski definition) is 3. The van der Waals surface area contributed by atoms with Gasteiger partial charge in [-0.2, -0.15) is 0 Å². The summed E-state index contributed by atoms with van der Waals surface area (Å²) in [4.78, 5) is 0. The summed E-state index contributed by atoms with van der Waals surface area (Å²) in [7, 11) is 0. The van der Waals surface area contributed by atoms with Gasteiger partial charge in [0, 0.05) is 0 Å². The molecule has 0 aromatic heterocycles. The molecule has 0 aliphatic heterocycles. The summed E-state index contributed by atoms with van der Waals surface area (Å²) in [6.45, 7) is 0. The molecule has 0 amide bonds. The Kier molecular flexibility index (Phi) is 5.04. The van der Waals surface area contributed by atoms with E-state index in [0.29, 0.717) is 5.94 Å². The lowest BCUT2D eigenvalue weighted by atomic mass is 10.1. The van der Waals surface area contributed by atoms with E-state index in [-0.39, 0.29) is 12.2 Å². The molecule has 1 aliphatic rings. The summed E-state index contributed by atoms with van der Waals surface area (Å²) in [6, 6.07) is 0. The van der Waals surface area contributed by atoms with Crippen molar-refractivity contribution in [3.05, 3.63) is 0 Å². The Labute approximate surface area is 78.7 Å². The minimum absolute atomic E-state index is 0.0972. The minimum atomic E-state index is -0.223. The molecule has 0 saturated heterocycles. The van der Waals surface area contributed by atoms with Crippen LogP contribution in [0.1, 0.15) is 32.1 Å². The van der Waals surface area contributed by atoms with Crippen molar-refractivity contribution in [2.75, 3.05) is 12.2 Å². The monoisotopic (exact) mass is 190 g/mol. The van der Waals surface area contributed by atoms with Gasteiger partial charge in [-0.1, -0.05) is 19.3 Å². The van der Waals surface area contributed by atoms with Crippen LogP contribution in [0.4, 0.5) is 0 Å². The van der Waals surface area contributed by atoms with Crippen LogP contribution in [0.25, 0.3) is 0 Å². The number of ether oxygens (including phenoxy) is 1. The van der Waals surface area contributed by atoms with E-state index in [1.165, 1.54) is 12.8 Å². The molecule has 0 heterocycles. The topological polar surface area (TPSA) is 29.5 Å². The van der Waals surface area contributed by atoms with E-state index in [1.807, 2.05) is 6.26 Å². The van der Waals surface area contributed by atoms with Gasteiger partial charge in [-0.05, 0) is 19.1 Å². The predicted octanol–water partition coefficient (Wildman–Crippen LogP) is 2.02. The van der Waals surface area contributed by atoms with Crippen molar-refractivity contribution in [3.8, 4) is 0 Å². The fraction of sp³-hybridized carbons (Fsp3) is 1.00. The van der Waals surface area contributed by atoms with Crippen LogP contribution in [0.3, 0.4) is 0 Å². The summed E-state index contributed by atoms with van der Waals surface area (Å²) >= 11 is 1.67. The zero-order chi connectivity index (χ0) is 8.81. The molecule has 12 heavy (non-hydrogen) atoms. The molecule has 1 fully saturated rings. The first-order valence-corrected chi connectivity index (χ1v) is 6.02. The molecule has 1 saturated carbocycles. The summed E-state index contributed by atoms with van der Waals surface area (Å²) < 4.78 is 5.54. The summed E-state index contributed by atoms with van der Waals surface area (Å²) in [5, 5.41) is 9.64. The highest BCUT2D eigenvalue weighted by Crippen LogP contribution is 2.21. The van der Waals surface area contributed by atoms with Gasteiger partial charge in [-0.3, -0.25) is 0 Å². The number of aliphatic hydroxyl groups excluding tert-OH is 1. The van der Waals surface area contributed by atoms with Crippen molar-refractivity contribution in [1.29, 1.82) is 0 Å². The zero-order valence-corrected chi connectivity index (χ0v) is 8.48. The Morgan fingerprint density at radius 1 is 1.33 bits per heavy atom. The Hall–Kier alpha value is 0.270. The first-order valence-electron chi connectivity index (χ1n) is 4.63. The molecule has 0 bridgehead atoms. The normalized spacial score (nSPS) is 31.5. The van der Waals surface area contributed by atoms with Crippen molar-refractivity contribution in [2.45, 2.75) is 44.3 Å². The van der Waals surface area contributed by atoms with Gasteiger partial charge in [-0.25, -0.2) is 0 Å². The summed E-state index contributed by atoms with van der Waals surface area (Å²) in [6.07, 6.45) is 7.44. The summed E-state index contributed by atoms with van der Waals surface area (Å²) in [5.74, 6) is 0.710. The lowest BCUT2D eigenvalue weighted by Gasteiger charge is -2.19. The molecule has 0 radical (unpaired) electrons. The Morgan fingerprint density at radius 2 is 2.08 bits per heavy atom. The smallest absolute Gasteiger partial charge is 0.0923 e. The third-order valence-electron chi connectivity index (χ3n) is 2.32. The predicted molar refractivity (Wildman–Crippen MR) is 52.3 cm³/mol. The quantitative estimate of drug-likeness (QED) is 0.545. The van der Waals surface area contributed by atoms with Crippen LogP contribution in [0.2, 0.25) is 0 Å². The van der Waals surface area contributed by atoms with Crippen molar-refractivity contribution >= 4 is 11.8 Å². The van der Waals surface area contributed by atoms with Gasteiger partial charge >= 0.3 is 0 Å². The maximum atomic E-state index is 9.64. The van der Waals surface area contributed by atoms with Crippen LogP contribution < -0.4 is 0 Å². The molecule has 2 unspecified atom stereocenters. The number of aliphatic hydroxyl groups is 1. The molecule has 2 nitrogen and oxygen atoms in total. The van der Waals surface area contributed by atoms with Crippen LogP contribution in [0.15, 0.2) is 0 Å². The standard InChI is InChI=1S/C9H18O2S/c1-12-7-11-9-6-4-2-3-5-8(9)10/h8-10H,2-7H2,1H3. The molecule has 1 N–H and O–H groups in total. The van der Waals surface area contributed by atoms with E-state index in [4.69, 9.17) is 4.74 Å². The second-order valence-electron chi connectivity index (χ2n) is 3.32. The van der Waals surface area contributed by atoms with Gasteiger partial charge in [-0.15, -0.1) is 11.8 Å². The first-order chi connectivity index (χ1) is 5.84. The van der Waals surface area contributed by atoms with Crippen LogP contribution in [-0.4, -0.2) is 29.5 Å². The largest absolute Gasteiger partial charge is 0.390 e. The fourth-order valence-corrected chi connectivity index (χ4v) is 1.91. The van der Waals surface area contributed by atoms with E-state index in [1.54, 1.807) is 11.8 Å². The molecule has 0 aromatic rings. The summed E-state index contributed by atoms with van der Waals surface area (Å²) in [5.41, 5.74) is 0. The molecule has 2 atom stereocenters. The minimum Gasteiger partial charge on any atom is -0.390 e. The van der Waals surface area contributed by atoms with E-state index in [2.05, 4.69) is 0 Å². The van der Waals surface area contributed by atoms with Crippen molar-refractivity contribution in [1.82, 2.24) is 0 Å². The molecule has 1 rings (SSSR count). The van der Waals surface area contributed by atoms with Gasteiger partial charge in [0.1, 0.15) is 0 Å². The van der Waals surface area contributed by atoms with Gasteiger partial charge in [0.15, 0.2) is 0 Å². The molecule has 72 valence electrons. The average molecular weight is 190 g/mol. The van der Waals surface area contributed by atoms with Crippen LogP contribution in [0, 0.1) is 0 Å². The SMILES string of the molecule is CSCOC1CCCCCC1O. The molecule has 0 aromatic carbocycles. The fourth-order valence-electron chi connectivity index (χ4n) is 1.60. The van der Waals surface area contributed by atoms with Gasteiger partial charge < -0.3 is 9.84 Å². The zero-order valence-electron chi connectivity index (χ0n) is 7.66. The molecule has 0 spiro atoms. The second-order valence-corrected chi connectivity index (χ2v) is 4.13. The number of hydrogen-bond donors (Lipinski definition) is 1. The lowest BCUT2D eigenvalue weighted by Crippen LogP contribution is -2.27. The van der Waals surface area contributed by atoms with Crippen LogP contribution in [0.5, 0.6) is 0 Å². The van der Waals surface area contributed by atoms with E-state index in [0.717, 1.165) is 19.3 Å². The molecular formula is C9H18O2S. The van der Waals surface area contributed by atoms with Gasteiger partial charge in [0.2, 0.25) is 0 Å². The van der Waals surface area contributed by atoms with Crippen LogP contribution >= 0.6 is 11.8 Å². The third kappa shape index (κ3) is 3.33. The lowest BCUT2D eigenvalue weighted by molar-refractivity contribution is -0.0211. The average Bonchev–Trinajstić information content (AvgIpc) is 2.27. The molecule has 1 aliphatic carbocycles.